The molecule has 5 nitrogen and oxygen atoms in total. The van der Waals surface area contributed by atoms with Gasteiger partial charge < -0.3 is 9.84 Å². The number of nitrogens with zero attached hydrogens (tertiary/aromatic N) is 1. The average molecular weight is 397 g/mol. The predicted octanol–water partition coefficient (Wildman–Crippen LogP) is 3.71. The lowest BCUT2D eigenvalue weighted by Crippen LogP contribution is -2.32. The Morgan fingerprint density at radius 3 is 2.39 bits per heavy atom. The maximum atomic E-state index is 13.3. The molecular weight excluding hydrogens is 374 g/mol. The standard InChI is InChI=1S/C22H23NO4S/c1-4-27-17-9-7-16(8-10-17)19-20(28-12-11-24)22(26)23(21(19)25)18-13-14(2)5-6-15(18)3/h5-10,13,24H,4,11-12H2,1-3H3. The maximum absolute atomic E-state index is 13.3. The fraction of sp³-hybridized carbons (Fsp3) is 0.273. The van der Waals surface area contributed by atoms with Gasteiger partial charge in [0.15, 0.2) is 0 Å². The van der Waals surface area contributed by atoms with Gasteiger partial charge in [0.1, 0.15) is 5.75 Å². The molecule has 2 amide bonds. The third kappa shape index (κ3) is 3.84. The van der Waals surface area contributed by atoms with Crippen molar-refractivity contribution < 1.29 is 19.4 Å². The molecule has 0 saturated carbocycles. The Morgan fingerprint density at radius 1 is 1.04 bits per heavy atom. The van der Waals surface area contributed by atoms with Gasteiger partial charge in [-0.05, 0) is 55.7 Å². The van der Waals surface area contributed by atoms with Crippen LogP contribution in [0.1, 0.15) is 23.6 Å². The van der Waals surface area contributed by atoms with Crippen LogP contribution in [0.25, 0.3) is 5.57 Å². The third-order valence-electron chi connectivity index (χ3n) is 4.44. The fourth-order valence-electron chi connectivity index (χ4n) is 3.11. The molecule has 0 bridgehead atoms. The maximum Gasteiger partial charge on any atom is 0.272 e. The van der Waals surface area contributed by atoms with E-state index in [4.69, 9.17) is 4.74 Å². The van der Waals surface area contributed by atoms with Crippen molar-refractivity contribution in [2.75, 3.05) is 23.9 Å². The Morgan fingerprint density at radius 2 is 1.75 bits per heavy atom. The van der Waals surface area contributed by atoms with Crippen LogP contribution in [-0.4, -0.2) is 35.9 Å². The van der Waals surface area contributed by atoms with E-state index in [0.717, 1.165) is 11.1 Å². The van der Waals surface area contributed by atoms with Gasteiger partial charge >= 0.3 is 0 Å². The number of thioether (sulfide) groups is 1. The number of aryl methyl sites for hydroxylation is 2. The molecule has 0 aliphatic carbocycles. The molecule has 0 atom stereocenters. The average Bonchev–Trinajstić information content (AvgIpc) is 2.93. The summed E-state index contributed by atoms with van der Waals surface area (Å²) in [5.41, 5.74) is 3.45. The van der Waals surface area contributed by atoms with Crippen molar-refractivity contribution in [2.45, 2.75) is 20.8 Å². The van der Waals surface area contributed by atoms with Gasteiger partial charge in [-0.25, -0.2) is 4.90 Å². The van der Waals surface area contributed by atoms with E-state index in [9.17, 15) is 14.7 Å². The van der Waals surface area contributed by atoms with Gasteiger partial charge in [-0.15, -0.1) is 11.8 Å². The smallest absolute Gasteiger partial charge is 0.272 e. The van der Waals surface area contributed by atoms with Crippen molar-refractivity contribution in [3.63, 3.8) is 0 Å². The van der Waals surface area contributed by atoms with Crippen molar-refractivity contribution in [1.82, 2.24) is 0 Å². The van der Waals surface area contributed by atoms with Crippen LogP contribution < -0.4 is 9.64 Å². The zero-order valence-electron chi connectivity index (χ0n) is 16.2. The van der Waals surface area contributed by atoms with Gasteiger partial charge in [0.05, 0.1) is 29.4 Å². The molecule has 2 aromatic carbocycles. The number of carbonyl (C=O) groups is 2. The summed E-state index contributed by atoms with van der Waals surface area (Å²) in [6, 6.07) is 12.9. The van der Waals surface area contributed by atoms with Gasteiger partial charge in [0.25, 0.3) is 11.8 Å². The first-order valence-electron chi connectivity index (χ1n) is 9.15. The van der Waals surface area contributed by atoms with Gasteiger partial charge in [0, 0.05) is 5.75 Å². The number of hydrogen-bond donors (Lipinski definition) is 1. The molecule has 0 radical (unpaired) electrons. The largest absolute Gasteiger partial charge is 0.494 e. The molecule has 28 heavy (non-hydrogen) atoms. The van der Waals surface area contributed by atoms with Gasteiger partial charge in [-0.2, -0.15) is 0 Å². The summed E-state index contributed by atoms with van der Waals surface area (Å²) in [5.74, 6) is 0.360. The molecule has 146 valence electrons. The van der Waals surface area contributed by atoms with E-state index in [-0.39, 0.29) is 18.4 Å². The summed E-state index contributed by atoms with van der Waals surface area (Å²) in [5, 5.41) is 9.22. The lowest BCUT2D eigenvalue weighted by atomic mass is 10.1. The van der Waals surface area contributed by atoms with E-state index in [1.807, 2.05) is 39.0 Å². The highest BCUT2D eigenvalue weighted by atomic mass is 32.2. The van der Waals surface area contributed by atoms with Crippen LogP contribution in [0.4, 0.5) is 5.69 Å². The highest BCUT2D eigenvalue weighted by Gasteiger charge is 2.40. The number of rotatable bonds is 7. The van der Waals surface area contributed by atoms with E-state index in [2.05, 4.69) is 0 Å². The van der Waals surface area contributed by atoms with Crippen LogP contribution in [0.15, 0.2) is 47.4 Å². The molecular formula is C22H23NO4S. The SMILES string of the molecule is CCOc1ccc(C2=C(SCCO)C(=O)N(c3cc(C)ccc3C)C2=O)cc1. The van der Waals surface area contributed by atoms with Crippen LogP contribution in [0.5, 0.6) is 5.75 Å². The molecule has 1 aliphatic rings. The third-order valence-corrected chi connectivity index (χ3v) is 5.49. The van der Waals surface area contributed by atoms with Crippen LogP contribution >= 0.6 is 11.8 Å². The molecule has 0 fully saturated rings. The lowest BCUT2D eigenvalue weighted by Gasteiger charge is -2.18. The topological polar surface area (TPSA) is 66.8 Å². The Kier molecular flexibility index (Phi) is 6.21. The zero-order chi connectivity index (χ0) is 20.3. The van der Waals surface area contributed by atoms with E-state index in [1.165, 1.54) is 16.7 Å². The summed E-state index contributed by atoms with van der Waals surface area (Å²) in [7, 11) is 0. The normalized spacial score (nSPS) is 14.2. The number of aliphatic hydroxyl groups is 1. The van der Waals surface area contributed by atoms with Crippen LogP contribution in [0.3, 0.4) is 0 Å². The van der Waals surface area contributed by atoms with Crippen molar-refractivity contribution in [3.05, 3.63) is 64.1 Å². The van der Waals surface area contributed by atoms with Crippen LogP contribution in [-0.2, 0) is 9.59 Å². The molecule has 1 heterocycles. The Labute approximate surface area is 169 Å². The van der Waals surface area contributed by atoms with Crippen molar-refractivity contribution in [1.29, 1.82) is 0 Å². The Balaban J connectivity index is 2.06. The first-order valence-corrected chi connectivity index (χ1v) is 10.1. The monoisotopic (exact) mass is 397 g/mol. The summed E-state index contributed by atoms with van der Waals surface area (Å²) in [4.78, 5) is 28.1. The number of imide groups is 1. The molecule has 0 aromatic heterocycles. The van der Waals surface area contributed by atoms with E-state index in [0.29, 0.717) is 39.8 Å². The summed E-state index contributed by atoms with van der Waals surface area (Å²) >= 11 is 1.21. The number of carbonyl (C=O) groups excluding carboxylic acids is 2. The summed E-state index contributed by atoms with van der Waals surface area (Å²) < 4.78 is 5.47. The molecule has 0 unspecified atom stereocenters. The molecule has 3 rings (SSSR count). The first-order chi connectivity index (χ1) is 13.5. The molecule has 2 aromatic rings. The minimum atomic E-state index is -0.346. The second-order valence-electron chi connectivity index (χ2n) is 6.47. The predicted molar refractivity (Wildman–Crippen MR) is 112 cm³/mol. The van der Waals surface area contributed by atoms with Crippen molar-refractivity contribution >= 4 is 34.8 Å². The van der Waals surface area contributed by atoms with E-state index in [1.54, 1.807) is 24.3 Å². The van der Waals surface area contributed by atoms with E-state index >= 15 is 0 Å². The second kappa shape index (κ2) is 8.63. The van der Waals surface area contributed by atoms with Gasteiger partial charge in [-0.1, -0.05) is 24.3 Å². The minimum Gasteiger partial charge on any atom is -0.494 e. The minimum absolute atomic E-state index is 0.0737. The van der Waals surface area contributed by atoms with E-state index < -0.39 is 0 Å². The van der Waals surface area contributed by atoms with Gasteiger partial charge in [0.2, 0.25) is 0 Å². The molecule has 0 spiro atoms. The number of anilines is 1. The number of aliphatic hydroxyl groups excluding tert-OH is 1. The summed E-state index contributed by atoms with van der Waals surface area (Å²) in [6.07, 6.45) is 0. The van der Waals surface area contributed by atoms with Crippen LogP contribution in [0.2, 0.25) is 0 Å². The molecule has 6 heteroatoms. The highest BCUT2D eigenvalue weighted by Crippen LogP contribution is 2.39. The molecule has 1 N–H and O–H groups in total. The fourth-order valence-corrected chi connectivity index (χ4v) is 3.97. The Bertz CT molecular complexity index is 934. The number of ether oxygens (including phenoxy) is 1. The highest BCUT2D eigenvalue weighted by molar-refractivity contribution is 8.04. The van der Waals surface area contributed by atoms with Crippen molar-refractivity contribution in [3.8, 4) is 5.75 Å². The quantitative estimate of drug-likeness (QED) is 0.722. The Hall–Kier alpha value is -2.57. The lowest BCUT2D eigenvalue weighted by molar-refractivity contribution is -0.119. The van der Waals surface area contributed by atoms with Gasteiger partial charge in [-0.3, -0.25) is 9.59 Å². The number of hydrogen-bond acceptors (Lipinski definition) is 5. The molecule has 1 aliphatic heterocycles. The first kappa shape index (κ1) is 20.2. The molecule has 0 saturated heterocycles. The number of amides is 2. The van der Waals surface area contributed by atoms with Crippen LogP contribution in [0, 0.1) is 13.8 Å². The number of benzene rings is 2. The second-order valence-corrected chi connectivity index (χ2v) is 7.57. The summed E-state index contributed by atoms with van der Waals surface area (Å²) in [6.45, 7) is 6.19. The zero-order valence-corrected chi connectivity index (χ0v) is 17.0. The van der Waals surface area contributed by atoms with Crippen molar-refractivity contribution in [2.24, 2.45) is 0 Å².